The Morgan fingerprint density at radius 3 is 2.45 bits per heavy atom. The molecule has 0 aliphatic heterocycles. The SMILES string of the molecule is Cc1nn(Cc2ccccc2)c(C)c1C(=O)OCc1nc(-c2ccccc2)no1. The van der Waals surface area contributed by atoms with E-state index in [0.717, 1.165) is 16.8 Å². The van der Waals surface area contributed by atoms with Crippen LogP contribution < -0.4 is 0 Å². The summed E-state index contributed by atoms with van der Waals surface area (Å²) in [6.07, 6.45) is 0. The van der Waals surface area contributed by atoms with E-state index >= 15 is 0 Å². The van der Waals surface area contributed by atoms with Crippen LogP contribution >= 0.6 is 0 Å². The van der Waals surface area contributed by atoms with Gasteiger partial charge in [-0.15, -0.1) is 0 Å². The van der Waals surface area contributed by atoms with Crippen molar-refractivity contribution in [3.05, 3.63) is 89.1 Å². The highest BCUT2D eigenvalue weighted by Crippen LogP contribution is 2.18. The van der Waals surface area contributed by atoms with E-state index < -0.39 is 5.97 Å². The summed E-state index contributed by atoms with van der Waals surface area (Å²) < 4.78 is 12.4. The van der Waals surface area contributed by atoms with Crippen molar-refractivity contribution in [2.75, 3.05) is 0 Å². The van der Waals surface area contributed by atoms with Gasteiger partial charge in [0.2, 0.25) is 5.82 Å². The topological polar surface area (TPSA) is 83.0 Å². The number of carbonyl (C=O) groups excluding carboxylic acids is 1. The van der Waals surface area contributed by atoms with Crippen molar-refractivity contribution in [2.45, 2.75) is 27.0 Å². The molecule has 4 aromatic rings. The molecule has 0 radical (unpaired) electrons. The van der Waals surface area contributed by atoms with Gasteiger partial charge in [-0.3, -0.25) is 4.68 Å². The van der Waals surface area contributed by atoms with Crippen LogP contribution in [-0.4, -0.2) is 25.9 Å². The van der Waals surface area contributed by atoms with Gasteiger partial charge in [0.25, 0.3) is 5.89 Å². The number of aromatic nitrogens is 4. The van der Waals surface area contributed by atoms with Gasteiger partial charge < -0.3 is 9.26 Å². The summed E-state index contributed by atoms with van der Waals surface area (Å²) in [7, 11) is 0. The maximum atomic E-state index is 12.6. The Morgan fingerprint density at radius 2 is 1.72 bits per heavy atom. The highest BCUT2D eigenvalue weighted by Gasteiger charge is 2.21. The lowest BCUT2D eigenvalue weighted by Crippen LogP contribution is -2.09. The van der Waals surface area contributed by atoms with Gasteiger partial charge in [0.15, 0.2) is 6.61 Å². The lowest BCUT2D eigenvalue weighted by atomic mass is 10.2. The molecule has 0 aliphatic carbocycles. The van der Waals surface area contributed by atoms with Crippen LogP contribution in [0, 0.1) is 13.8 Å². The first kappa shape index (κ1) is 18.6. The van der Waals surface area contributed by atoms with Gasteiger partial charge in [-0.2, -0.15) is 10.1 Å². The molecule has 0 unspecified atom stereocenters. The second-order valence-electron chi connectivity index (χ2n) is 6.64. The molecule has 2 heterocycles. The number of benzene rings is 2. The smallest absolute Gasteiger partial charge is 0.342 e. The summed E-state index contributed by atoms with van der Waals surface area (Å²) in [5.74, 6) is 0.239. The van der Waals surface area contributed by atoms with Crippen LogP contribution in [0.4, 0.5) is 0 Å². The minimum absolute atomic E-state index is 0.0958. The van der Waals surface area contributed by atoms with E-state index in [4.69, 9.17) is 9.26 Å². The van der Waals surface area contributed by atoms with Gasteiger partial charge in [0, 0.05) is 5.56 Å². The molecule has 2 aromatic heterocycles. The second kappa shape index (κ2) is 8.10. The first-order chi connectivity index (χ1) is 14.1. The predicted octanol–water partition coefficient (Wildman–Crippen LogP) is 3.96. The Balaban J connectivity index is 1.45. The maximum Gasteiger partial charge on any atom is 0.342 e. The Kier molecular flexibility index (Phi) is 5.20. The second-order valence-corrected chi connectivity index (χ2v) is 6.64. The van der Waals surface area contributed by atoms with Crippen LogP contribution in [0.1, 0.15) is 33.2 Å². The summed E-state index contributed by atoms with van der Waals surface area (Å²) in [5, 5.41) is 8.42. The zero-order valence-corrected chi connectivity index (χ0v) is 16.2. The number of hydrogen-bond donors (Lipinski definition) is 0. The molecule has 7 heteroatoms. The van der Waals surface area contributed by atoms with Gasteiger partial charge in [0.05, 0.1) is 17.9 Å². The Labute approximate surface area is 167 Å². The fraction of sp³-hybridized carbons (Fsp3) is 0.182. The number of nitrogens with zero attached hydrogens (tertiary/aromatic N) is 4. The molecule has 0 atom stereocenters. The Morgan fingerprint density at radius 1 is 1.03 bits per heavy atom. The molecule has 0 N–H and O–H groups in total. The van der Waals surface area contributed by atoms with E-state index in [-0.39, 0.29) is 12.5 Å². The van der Waals surface area contributed by atoms with Crippen molar-refractivity contribution in [1.29, 1.82) is 0 Å². The number of hydrogen-bond acceptors (Lipinski definition) is 6. The molecule has 0 spiro atoms. The molecule has 0 saturated carbocycles. The van der Waals surface area contributed by atoms with Gasteiger partial charge in [-0.05, 0) is 19.4 Å². The maximum absolute atomic E-state index is 12.6. The number of esters is 1. The molecular formula is C22H20N4O3. The highest BCUT2D eigenvalue weighted by atomic mass is 16.6. The molecule has 0 saturated heterocycles. The zero-order chi connectivity index (χ0) is 20.2. The van der Waals surface area contributed by atoms with Crippen LogP contribution in [0.25, 0.3) is 11.4 Å². The van der Waals surface area contributed by atoms with E-state index in [9.17, 15) is 4.79 Å². The average Bonchev–Trinajstić information content (AvgIpc) is 3.32. The van der Waals surface area contributed by atoms with E-state index in [1.165, 1.54) is 0 Å². The third-order valence-electron chi connectivity index (χ3n) is 4.59. The van der Waals surface area contributed by atoms with Crippen LogP contribution in [0.2, 0.25) is 0 Å². The van der Waals surface area contributed by atoms with Crippen LogP contribution in [0.5, 0.6) is 0 Å². The average molecular weight is 388 g/mol. The normalized spacial score (nSPS) is 10.8. The Bertz CT molecular complexity index is 1120. The number of carbonyl (C=O) groups is 1. The van der Waals surface area contributed by atoms with E-state index in [1.807, 2.05) is 72.3 Å². The molecule has 0 amide bonds. The molecule has 7 nitrogen and oxygen atoms in total. The van der Waals surface area contributed by atoms with Crippen LogP contribution in [-0.2, 0) is 17.9 Å². The minimum atomic E-state index is -0.459. The minimum Gasteiger partial charge on any atom is -0.452 e. The zero-order valence-electron chi connectivity index (χ0n) is 16.2. The number of rotatable bonds is 6. The third kappa shape index (κ3) is 4.08. The van der Waals surface area contributed by atoms with Gasteiger partial charge in [0.1, 0.15) is 5.56 Å². The summed E-state index contributed by atoms with van der Waals surface area (Å²) in [6, 6.07) is 19.4. The van der Waals surface area contributed by atoms with Gasteiger partial charge in [-0.1, -0.05) is 65.8 Å². The summed E-state index contributed by atoms with van der Waals surface area (Å²) >= 11 is 0. The molecule has 4 rings (SSSR count). The lowest BCUT2D eigenvalue weighted by molar-refractivity contribution is 0.0428. The van der Waals surface area contributed by atoms with E-state index in [1.54, 1.807) is 6.92 Å². The standard InChI is InChI=1S/C22H20N4O3/c1-15-20(16(2)26(24-15)13-17-9-5-3-6-10-17)22(27)28-14-19-23-21(25-29-19)18-11-7-4-8-12-18/h3-12H,13-14H2,1-2H3. The van der Waals surface area contributed by atoms with Crippen molar-refractivity contribution in [1.82, 2.24) is 19.9 Å². The molecule has 29 heavy (non-hydrogen) atoms. The molecular weight excluding hydrogens is 368 g/mol. The fourth-order valence-electron chi connectivity index (χ4n) is 3.12. The van der Waals surface area contributed by atoms with Crippen molar-refractivity contribution < 1.29 is 14.1 Å². The molecule has 2 aromatic carbocycles. The molecule has 0 aliphatic rings. The van der Waals surface area contributed by atoms with Crippen LogP contribution in [0.3, 0.4) is 0 Å². The lowest BCUT2D eigenvalue weighted by Gasteiger charge is -2.05. The summed E-state index contributed by atoms with van der Waals surface area (Å²) in [4.78, 5) is 16.9. The molecule has 0 bridgehead atoms. The summed E-state index contributed by atoms with van der Waals surface area (Å²) in [5.41, 5.74) is 3.79. The van der Waals surface area contributed by atoms with Gasteiger partial charge >= 0.3 is 5.97 Å². The van der Waals surface area contributed by atoms with Gasteiger partial charge in [-0.25, -0.2) is 4.79 Å². The summed E-state index contributed by atoms with van der Waals surface area (Å²) in [6.45, 7) is 4.15. The van der Waals surface area contributed by atoms with Crippen molar-refractivity contribution in [2.24, 2.45) is 0 Å². The van der Waals surface area contributed by atoms with Crippen molar-refractivity contribution in [3.63, 3.8) is 0 Å². The van der Waals surface area contributed by atoms with E-state index in [2.05, 4.69) is 15.2 Å². The first-order valence-corrected chi connectivity index (χ1v) is 9.25. The fourth-order valence-corrected chi connectivity index (χ4v) is 3.12. The predicted molar refractivity (Wildman–Crippen MR) is 106 cm³/mol. The van der Waals surface area contributed by atoms with Crippen LogP contribution in [0.15, 0.2) is 65.2 Å². The quantitative estimate of drug-likeness (QED) is 0.465. The van der Waals surface area contributed by atoms with Crippen molar-refractivity contribution in [3.8, 4) is 11.4 Å². The molecule has 0 fully saturated rings. The number of ether oxygens (including phenoxy) is 1. The molecule has 146 valence electrons. The van der Waals surface area contributed by atoms with E-state index in [0.29, 0.717) is 23.6 Å². The monoisotopic (exact) mass is 388 g/mol. The highest BCUT2D eigenvalue weighted by molar-refractivity contribution is 5.91. The first-order valence-electron chi connectivity index (χ1n) is 9.25. The third-order valence-corrected chi connectivity index (χ3v) is 4.59. The largest absolute Gasteiger partial charge is 0.452 e. The number of aryl methyl sites for hydroxylation is 1. The van der Waals surface area contributed by atoms with Crippen molar-refractivity contribution >= 4 is 5.97 Å². The Hall–Kier alpha value is -3.74.